The highest BCUT2D eigenvalue weighted by molar-refractivity contribution is 7.99. The van der Waals surface area contributed by atoms with E-state index < -0.39 is 5.91 Å². The molecule has 3 rings (SSSR count). The molecule has 0 aliphatic rings. The number of hydrogen-bond donors (Lipinski definition) is 3. The van der Waals surface area contributed by atoms with Crippen LogP contribution in [0.4, 0.5) is 5.69 Å². The van der Waals surface area contributed by atoms with Crippen LogP contribution in [0.15, 0.2) is 46.5 Å². The number of amides is 1. The number of nitrogens with two attached hydrogens (primary N) is 2. The molecule has 6 heteroatoms. The number of benzene rings is 2. The molecule has 0 radical (unpaired) electrons. The van der Waals surface area contributed by atoms with Crippen molar-refractivity contribution in [3.63, 3.8) is 0 Å². The maximum Gasteiger partial charge on any atom is 0.248 e. The summed E-state index contributed by atoms with van der Waals surface area (Å²) in [5.74, 6) is -0.488. The number of anilines is 1. The minimum atomic E-state index is -0.488. The second-order valence-corrected chi connectivity index (χ2v) is 5.81. The minimum Gasteiger partial charge on any atom is -0.398 e. The van der Waals surface area contributed by atoms with Crippen LogP contribution >= 0.6 is 11.8 Å². The number of aromatic amines is 1. The van der Waals surface area contributed by atoms with Crippen LogP contribution in [-0.4, -0.2) is 15.9 Å². The highest BCUT2D eigenvalue weighted by Crippen LogP contribution is 2.32. The first-order valence-electron chi connectivity index (χ1n) is 6.36. The summed E-state index contributed by atoms with van der Waals surface area (Å²) in [5.41, 5.74) is 15.2. The van der Waals surface area contributed by atoms with E-state index in [1.807, 2.05) is 25.1 Å². The summed E-state index contributed by atoms with van der Waals surface area (Å²) in [5, 5.41) is 0.758. The van der Waals surface area contributed by atoms with Crippen molar-refractivity contribution in [2.75, 3.05) is 5.73 Å². The first kappa shape index (κ1) is 13.5. The topological polar surface area (TPSA) is 97.8 Å². The number of nitrogen functional groups attached to an aromatic ring is 1. The standard InChI is InChI=1S/C15H14N4OS/c1-8-2-4-11-12(6-8)19-15(18-11)21-13-5-3-9(14(17)20)7-10(13)16/h2-7H,16H2,1H3,(H2,17,20)(H,18,19). The smallest absolute Gasteiger partial charge is 0.248 e. The molecule has 2 aromatic carbocycles. The number of carbonyl (C=O) groups is 1. The van der Waals surface area contributed by atoms with E-state index in [-0.39, 0.29) is 0 Å². The lowest BCUT2D eigenvalue weighted by Gasteiger charge is -2.04. The number of nitrogens with zero attached hydrogens (tertiary/aromatic N) is 1. The zero-order valence-electron chi connectivity index (χ0n) is 11.4. The van der Waals surface area contributed by atoms with Gasteiger partial charge in [-0.2, -0.15) is 0 Å². The van der Waals surface area contributed by atoms with Crippen LogP contribution in [0.5, 0.6) is 0 Å². The van der Waals surface area contributed by atoms with E-state index in [1.54, 1.807) is 18.2 Å². The molecule has 1 amide bonds. The van der Waals surface area contributed by atoms with E-state index in [0.29, 0.717) is 11.3 Å². The van der Waals surface area contributed by atoms with Gasteiger partial charge in [0.15, 0.2) is 5.16 Å². The Labute approximate surface area is 125 Å². The Bertz CT molecular complexity index is 841. The Morgan fingerprint density at radius 1 is 1.24 bits per heavy atom. The van der Waals surface area contributed by atoms with Gasteiger partial charge in [-0.25, -0.2) is 4.98 Å². The average molecular weight is 298 g/mol. The fourth-order valence-electron chi connectivity index (χ4n) is 2.05. The molecule has 0 atom stereocenters. The van der Waals surface area contributed by atoms with Crippen molar-refractivity contribution >= 4 is 34.4 Å². The first-order chi connectivity index (χ1) is 10.0. The largest absolute Gasteiger partial charge is 0.398 e. The van der Waals surface area contributed by atoms with Crippen LogP contribution in [0.2, 0.25) is 0 Å². The van der Waals surface area contributed by atoms with Crippen molar-refractivity contribution in [1.29, 1.82) is 0 Å². The van der Waals surface area contributed by atoms with Gasteiger partial charge in [-0.3, -0.25) is 4.79 Å². The summed E-state index contributed by atoms with van der Waals surface area (Å²) >= 11 is 1.42. The molecule has 1 aromatic heterocycles. The number of nitrogens with one attached hydrogen (secondary N) is 1. The highest BCUT2D eigenvalue weighted by atomic mass is 32.2. The van der Waals surface area contributed by atoms with Crippen molar-refractivity contribution in [2.24, 2.45) is 5.73 Å². The number of aromatic nitrogens is 2. The van der Waals surface area contributed by atoms with E-state index in [0.717, 1.165) is 21.1 Å². The molecule has 0 aliphatic carbocycles. The first-order valence-corrected chi connectivity index (χ1v) is 7.18. The van der Waals surface area contributed by atoms with E-state index >= 15 is 0 Å². The Morgan fingerprint density at radius 3 is 2.76 bits per heavy atom. The second kappa shape index (κ2) is 5.14. The fraction of sp³-hybridized carbons (Fsp3) is 0.0667. The highest BCUT2D eigenvalue weighted by Gasteiger charge is 2.09. The molecular weight excluding hydrogens is 284 g/mol. The maximum atomic E-state index is 11.1. The van der Waals surface area contributed by atoms with E-state index in [4.69, 9.17) is 11.5 Å². The predicted octanol–water partition coefficient (Wildman–Crippen LogP) is 2.70. The molecule has 0 saturated carbocycles. The number of fused-ring (bicyclic) bond motifs is 1. The molecule has 0 fully saturated rings. The SMILES string of the molecule is Cc1ccc2nc(Sc3ccc(C(N)=O)cc3N)[nH]c2c1. The Morgan fingerprint density at radius 2 is 2.05 bits per heavy atom. The summed E-state index contributed by atoms with van der Waals surface area (Å²) < 4.78 is 0. The summed E-state index contributed by atoms with van der Waals surface area (Å²) in [4.78, 5) is 19.7. The van der Waals surface area contributed by atoms with Gasteiger partial charge in [0.25, 0.3) is 0 Å². The van der Waals surface area contributed by atoms with Crippen LogP contribution in [0.3, 0.4) is 0 Å². The van der Waals surface area contributed by atoms with Gasteiger partial charge in [-0.05, 0) is 54.6 Å². The van der Waals surface area contributed by atoms with Crippen LogP contribution in [0.1, 0.15) is 15.9 Å². The summed E-state index contributed by atoms with van der Waals surface area (Å²) in [6, 6.07) is 11.1. The van der Waals surface area contributed by atoms with Crippen molar-refractivity contribution in [3.8, 4) is 0 Å². The molecule has 21 heavy (non-hydrogen) atoms. The lowest BCUT2D eigenvalue weighted by Crippen LogP contribution is -2.11. The van der Waals surface area contributed by atoms with Gasteiger partial charge in [-0.1, -0.05) is 6.07 Å². The van der Waals surface area contributed by atoms with Gasteiger partial charge < -0.3 is 16.5 Å². The Balaban J connectivity index is 1.93. The molecule has 0 unspecified atom stereocenters. The van der Waals surface area contributed by atoms with Gasteiger partial charge in [0.2, 0.25) is 5.91 Å². The lowest BCUT2D eigenvalue weighted by atomic mass is 10.2. The molecule has 0 saturated heterocycles. The fourth-order valence-corrected chi connectivity index (χ4v) is 2.87. The minimum absolute atomic E-state index is 0.400. The van der Waals surface area contributed by atoms with Gasteiger partial charge >= 0.3 is 0 Å². The van der Waals surface area contributed by atoms with E-state index in [2.05, 4.69) is 9.97 Å². The van der Waals surface area contributed by atoms with Crippen LogP contribution < -0.4 is 11.5 Å². The number of H-pyrrole nitrogens is 1. The number of rotatable bonds is 3. The molecule has 5 nitrogen and oxygen atoms in total. The van der Waals surface area contributed by atoms with Gasteiger partial charge in [0, 0.05) is 16.1 Å². The van der Waals surface area contributed by atoms with Crippen LogP contribution in [0.25, 0.3) is 11.0 Å². The molecule has 0 bridgehead atoms. The molecule has 0 spiro atoms. The van der Waals surface area contributed by atoms with Crippen molar-refractivity contribution in [1.82, 2.24) is 9.97 Å². The van der Waals surface area contributed by atoms with Crippen LogP contribution in [0, 0.1) is 6.92 Å². The van der Waals surface area contributed by atoms with Crippen molar-refractivity contribution in [2.45, 2.75) is 17.0 Å². The maximum absolute atomic E-state index is 11.1. The molecule has 3 aromatic rings. The van der Waals surface area contributed by atoms with Gasteiger partial charge in [-0.15, -0.1) is 0 Å². The summed E-state index contributed by atoms with van der Waals surface area (Å²) in [6.45, 7) is 2.04. The third kappa shape index (κ3) is 2.71. The number of aryl methyl sites for hydroxylation is 1. The molecule has 1 heterocycles. The number of carbonyl (C=O) groups excluding carboxylic acids is 1. The van der Waals surface area contributed by atoms with E-state index in [1.165, 1.54) is 17.3 Å². The normalized spacial score (nSPS) is 10.9. The van der Waals surface area contributed by atoms with Crippen molar-refractivity contribution < 1.29 is 4.79 Å². The average Bonchev–Trinajstić information content (AvgIpc) is 2.82. The Kier molecular flexibility index (Phi) is 3.31. The lowest BCUT2D eigenvalue weighted by molar-refractivity contribution is 0.100. The summed E-state index contributed by atoms with van der Waals surface area (Å²) in [7, 11) is 0. The molecule has 106 valence electrons. The quantitative estimate of drug-likeness (QED) is 0.647. The zero-order chi connectivity index (χ0) is 15.0. The predicted molar refractivity (Wildman–Crippen MR) is 84.3 cm³/mol. The Hall–Kier alpha value is -2.47. The summed E-state index contributed by atoms with van der Waals surface area (Å²) in [6.07, 6.45) is 0. The second-order valence-electron chi connectivity index (χ2n) is 4.78. The monoisotopic (exact) mass is 298 g/mol. The van der Waals surface area contributed by atoms with Crippen LogP contribution in [-0.2, 0) is 0 Å². The molecular formula is C15H14N4OS. The molecule has 5 N–H and O–H groups in total. The zero-order valence-corrected chi connectivity index (χ0v) is 12.2. The van der Waals surface area contributed by atoms with Crippen molar-refractivity contribution in [3.05, 3.63) is 47.5 Å². The third-order valence-electron chi connectivity index (χ3n) is 3.12. The third-order valence-corrected chi connectivity index (χ3v) is 4.09. The number of primary amides is 1. The number of hydrogen-bond acceptors (Lipinski definition) is 4. The van der Waals surface area contributed by atoms with E-state index in [9.17, 15) is 4.79 Å². The van der Waals surface area contributed by atoms with Gasteiger partial charge in [0.05, 0.1) is 11.0 Å². The number of imidazole rings is 1. The van der Waals surface area contributed by atoms with Gasteiger partial charge in [0.1, 0.15) is 0 Å². The molecule has 0 aliphatic heterocycles.